The zero-order chi connectivity index (χ0) is 15.7. The van der Waals surface area contributed by atoms with E-state index in [9.17, 15) is 21.6 Å². The van der Waals surface area contributed by atoms with Crippen LogP contribution in [0.5, 0.6) is 0 Å². The van der Waals surface area contributed by atoms with Gasteiger partial charge in [0.1, 0.15) is 0 Å². The van der Waals surface area contributed by atoms with E-state index in [1.165, 1.54) is 6.07 Å². The van der Waals surface area contributed by atoms with Crippen molar-refractivity contribution in [1.29, 1.82) is 0 Å². The van der Waals surface area contributed by atoms with Crippen LogP contribution in [0.15, 0.2) is 18.3 Å². The molecule has 0 aliphatic carbocycles. The summed E-state index contributed by atoms with van der Waals surface area (Å²) in [7, 11) is -3.03. The van der Waals surface area contributed by atoms with Crippen molar-refractivity contribution < 1.29 is 21.6 Å². The number of aromatic nitrogens is 1. The zero-order valence-corrected chi connectivity index (χ0v) is 12.4. The van der Waals surface area contributed by atoms with Gasteiger partial charge in [0.2, 0.25) is 0 Å². The van der Waals surface area contributed by atoms with Gasteiger partial charge in [-0.15, -0.1) is 0 Å². The van der Waals surface area contributed by atoms with Crippen molar-refractivity contribution in [2.75, 3.05) is 24.6 Å². The van der Waals surface area contributed by atoms with Crippen molar-refractivity contribution >= 4 is 9.84 Å². The number of halogens is 3. The van der Waals surface area contributed by atoms with E-state index in [1.807, 2.05) is 11.8 Å². The maximum absolute atomic E-state index is 12.5. The van der Waals surface area contributed by atoms with Crippen molar-refractivity contribution in [1.82, 2.24) is 9.88 Å². The zero-order valence-electron chi connectivity index (χ0n) is 11.6. The molecule has 1 atom stereocenters. The first-order valence-corrected chi connectivity index (χ1v) is 8.43. The molecule has 118 valence electrons. The van der Waals surface area contributed by atoms with Crippen molar-refractivity contribution in [3.8, 4) is 0 Å². The van der Waals surface area contributed by atoms with Crippen LogP contribution in [0.1, 0.15) is 18.2 Å². The van der Waals surface area contributed by atoms with Crippen LogP contribution in [0.25, 0.3) is 0 Å². The lowest BCUT2D eigenvalue weighted by atomic mass is 10.2. The second-order valence-corrected chi connectivity index (χ2v) is 7.72. The maximum atomic E-state index is 12.5. The van der Waals surface area contributed by atoms with Crippen molar-refractivity contribution in [3.63, 3.8) is 0 Å². The molecule has 0 saturated carbocycles. The topological polar surface area (TPSA) is 50.3 Å². The van der Waals surface area contributed by atoms with Crippen LogP contribution < -0.4 is 0 Å². The molecule has 1 fully saturated rings. The van der Waals surface area contributed by atoms with Gasteiger partial charge in [0.05, 0.1) is 22.8 Å². The Balaban J connectivity index is 2.04. The minimum absolute atomic E-state index is 0.00643. The lowest BCUT2D eigenvalue weighted by Gasteiger charge is -2.21. The standard InChI is InChI=1S/C13H17F3N2O2S/c1-10-7-18(4-5-21(19,20)9-10)8-12-3-2-11(6-17-12)13(14,15)16/h2-3,6,10H,4-5,7-9H2,1H3. The van der Waals surface area contributed by atoms with Gasteiger partial charge in [0.15, 0.2) is 9.84 Å². The van der Waals surface area contributed by atoms with Crippen LogP contribution in [0.2, 0.25) is 0 Å². The van der Waals surface area contributed by atoms with E-state index >= 15 is 0 Å². The molecule has 4 nitrogen and oxygen atoms in total. The molecule has 0 amide bonds. The molecule has 21 heavy (non-hydrogen) atoms. The van der Waals surface area contributed by atoms with Crippen LogP contribution >= 0.6 is 0 Å². The summed E-state index contributed by atoms with van der Waals surface area (Å²) in [5, 5.41) is 0. The molecule has 0 radical (unpaired) electrons. The minimum Gasteiger partial charge on any atom is -0.296 e. The van der Waals surface area contributed by atoms with Crippen LogP contribution in [0, 0.1) is 5.92 Å². The van der Waals surface area contributed by atoms with Crippen molar-refractivity contribution in [2.24, 2.45) is 5.92 Å². The molecule has 0 N–H and O–H groups in total. The van der Waals surface area contributed by atoms with Crippen LogP contribution in [0.4, 0.5) is 13.2 Å². The fourth-order valence-electron chi connectivity index (χ4n) is 2.43. The normalized spacial score (nSPS) is 23.7. The maximum Gasteiger partial charge on any atom is 0.417 e. The molecule has 2 heterocycles. The predicted molar refractivity (Wildman–Crippen MR) is 72.3 cm³/mol. The van der Waals surface area contributed by atoms with Crippen molar-refractivity contribution in [2.45, 2.75) is 19.6 Å². The average molecular weight is 322 g/mol. The second kappa shape index (κ2) is 5.92. The monoisotopic (exact) mass is 322 g/mol. The van der Waals surface area contributed by atoms with E-state index in [-0.39, 0.29) is 17.4 Å². The van der Waals surface area contributed by atoms with Gasteiger partial charge in [-0.3, -0.25) is 9.88 Å². The Bertz CT molecular complexity index is 584. The van der Waals surface area contributed by atoms with E-state index in [0.29, 0.717) is 25.3 Å². The summed E-state index contributed by atoms with van der Waals surface area (Å²) in [5.41, 5.74) is -0.271. The summed E-state index contributed by atoms with van der Waals surface area (Å²) >= 11 is 0. The number of hydrogen-bond acceptors (Lipinski definition) is 4. The Labute approximate surface area is 121 Å². The number of rotatable bonds is 2. The Morgan fingerprint density at radius 2 is 2.10 bits per heavy atom. The molecule has 8 heteroatoms. The van der Waals surface area contributed by atoms with Gasteiger partial charge < -0.3 is 0 Å². The quantitative estimate of drug-likeness (QED) is 0.835. The van der Waals surface area contributed by atoms with Gasteiger partial charge in [-0.2, -0.15) is 13.2 Å². The Hall–Kier alpha value is -1.15. The van der Waals surface area contributed by atoms with Gasteiger partial charge in [0, 0.05) is 25.8 Å². The van der Waals surface area contributed by atoms with Gasteiger partial charge in [-0.25, -0.2) is 8.42 Å². The van der Waals surface area contributed by atoms with Crippen LogP contribution in [-0.4, -0.2) is 42.9 Å². The fraction of sp³-hybridized carbons (Fsp3) is 0.615. The molecule has 1 unspecified atom stereocenters. The van der Waals surface area contributed by atoms with Crippen molar-refractivity contribution in [3.05, 3.63) is 29.6 Å². The Morgan fingerprint density at radius 1 is 1.38 bits per heavy atom. The van der Waals surface area contributed by atoms with Gasteiger partial charge >= 0.3 is 6.18 Å². The van der Waals surface area contributed by atoms with E-state index in [0.717, 1.165) is 12.3 Å². The molecular weight excluding hydrogens is 305 g/mol. The van der Waals surface area contributed by atoms with Gasteiger partial charge in [-0.1, -0.05) is 6.92 Å². The van der Waals surface area contributed by atoms with Gasteiger partial charge in [-0.05, 0) is 18.1 Å². The molecule has 2 rings (SSSR count). The summed E-state index contributed by atoms with van der Waals surface area (Å²) in [5.74, 6) is 0.244. The molecule has 1 aliphatic rings. The first kappa shape index (κ1) is 16.2. The average Bonchev–Trinajstić information content (AvgIpc) is 2.47. The number of pyridine rings is 1. The number of alkyl halides is 3. The van der Waals surface area contributed by atoms with Crippen LogP contribution in [-0.2, 0) is 22.6 Å². The second-order valence-electron chi connectivity index (χ2n) is 5.49. The van der Waals surface area contributed by atoms with E-state index in [4.69, 9.17) is 0 Å². The first-order chi connectivity index (χ1) is 9.66. The highest BCUT2D eigenvalue weighted by Gasteiger charge is 2.31. The molecule has 1 aromatic rings. The SMILES string of the molecule is CC1CN(Cc2ccc(C(F)(F)F)cn2)CCS(=O)(=O)C1. The van der Waals surface area contributed by atoms with E-state index < -0.39 is 21.6 Å². The summed E-state index contributed by atoms with van der Waals surface area (Å²) < 4.78 is 60.7. The third kappa shape index (κ3) is 4.67. The number of nitrogens with zero attached hydrogens (tertiary/aromatic N) is 2. The summed E-state index contributed by atoms with van der Waals surface area (Å²) in [4.78, 5) is 5.74. The predicted octanol–water partition coefficient (Wildman–Crippen LogP) is 1.97. The van der Waals surface area contributed by atoms with E-state index in [1.54, 1.807) is 0 Å². The number of hydrogen-bond donors (Lipinski definition) is 0. The molecular formula is C13H17F3N2O2S. The molecule has 1 aromatic heterocycles. The molecule has 1 saturated heterocycles. The Morgan fingerprint density at radius 3 is 2.67 bits per heavy atom. The van der Waals surface area contributed by atoms with Gasteiger partial charge in [0.25, 0.3) is 0 Å². The Kier molecular flexibility index (Phi) is 4.57. The molecule has 0 bridgehead atoms. The first-order valence-electron chi connectivity index (χ1n) is 6.60. The fourth-order valence-corrected chi connectivity index (χ4v) is 4.10. The summed E-state index contributed by atoms with van der Waals surface area (Å²) in [6.07, 6.45) is -3.58. The number of sulfone groups is 1. The highest BCUT2D eigenvalue weighted by molar-refractivity contribution is 7.91. The highest BCUT2D eigenvalue weighted by atomic mass is 32.2. The smallest absolute Gasteiger partial charge is 0.296 e. The molecule has 0 aromatic carbocycles. The minimum atomic E-state index is -4.39. The third-order valence-electron chi connectivity index (χ3n) is 3.36. The molecule has 1 aliphatic heterocycles. The summed E-state index contributed by atoms with van der Waals surface area (Å²) in [6.45, 7) is 3.20. The third-order valence-corrected chi connectivity index (χ3v) is 5.25. The van der Waals surface area contributed by atoms with Crippen LogP contribution in [0.3, 0.4) is 0 Å². The molecule has 0 spiro atoms. The largest absolute Gasteiger partial charge is 0.417 e. The lowest BCUT2D eigenvalue weighted by Crippen LogP contribution is -2.29. The van der Waals surface area contributed by atoms with E-state index in [2.05, 4.69) is 4.98 Å². The summed E-state index contributed by atoms with van der Waals surface area (Å²) in [6, 6.07) is 2.34. The highest BCUT2D eigenvalue weighted by Crippen LogP contribution is 2.28. The lowest BCUT2D eigenvalue weighted by molar-refractivity contribution is -0.137.